The molecular weight excluding hydrogens is 515 g/mol. The monoisotopic (exact) mass is 546 g/mol. The molecule has 0 amide bonds. The van der Waals surface area contributed by atoms with E-state index in [1.54, 1.807) is 6.20 Å². The number of nitrogens with zero attached hydrogens (tertiary/aromatic N) is 2. The summed E-state index contributed by atoms with van der Waals surface area (Å²) in [4.78, 5) is 9.01. The number of ether oxygens (including phenoxy) is 2. The van der Waals surface area contributed by atoms with E-state index in [0.29, 0.717) is 26.3 Å². The molecule has 2 N–H and O–H groups in total. The number of hydrogen-bond acceptors (Lipinski definition) is 4. The predicted octanol–water partition coefficient (Wildman–Crippen LogP) is 4.93. The molecule has 0 saturated heterocycles. The highest BCUT2D eigenvalue weighted by atomic mass is 127. The normalized spacial score (nSPS) is 10.8. The highest BCUT2D eigenvalue weighted by Gasteiger charge is 2.05. The first-order chi connectivity index (χ1) is 15.3. The summed E-state index contributed by atoms with van der Waals surface area (Å²) in [7, 11) is 0. The fraction of sp³-hybridized carbons (Fsp3) is 0.280. The maximum Gasteiger partial charge on any atom is 0.191 e. The fourth-order valence-electron chi connectivity index (χ4n) is 3.01. The second-order valence-corrected chi connectivity index (χ2v) is 6.85. The fourth-order valence-corrected chi connectivity index (χ4v) is 3.01. The minimum atomic E-state index is 0. The molecule has 0 aliphatic carbocycles. The highest BCUT2D eigenvalue weighted by Crippen LogP contribution is 2.18. The van der Waals surface area contributed by atoms with E-state index in [1.807, 2.05) is 67.6 Å². The van der Waals surface area contributed by atoms with Crippen LogP contribution in [0.4, 0.5) is 0 Å². The lowest BCUT2D eigenvalue weighted by Gasteiger charge is -2.14. The van der Waals surface area contributed by atoms with Gasteiger partial charge in [-0.25, -0.2) is 4.99 Å². The number of rotatable bonds is 10. The van der Waals surface area contributed by atoms with Crippen molar-refractivity contribution in [1.29, 1.82) is 0 Å². The third-order valence-electron chi connectivity index (χ3n) is 4.49. The molecule has 0 aliphatic heterocycles. The van der Waals surface area contributed by atoms with Crippen molar-refractivity contribution < 1.29 is 9.47 Å². The first-order valence-electron chi connectivity index (χ1n) is 10.6. The molecule has 0 saturated carbocycles. The number of pyridine rings is 1. The van der Waals surface area contributed by atoms with Gasteiger partial charge < -0.3 is 20.1 Å². The Morgan fingerprint density at radius 1 is 0.938 bits per heavy atom. The van der Waals surface area contributed by atoms with Gasteiger partial charge in [0, 0.05) is 24.8 Å². The Labute approximate surface area is 207 Å². The van der Waals surface area contributed by atoms with Gasteiger partial charge in [-0.15, -0.1) is 24.0 Å². The number of halogens is 1. The number of nitrogens with one attached hydrogen (secondary N) is 2. The zero-order chi connectivity index (χ0) is 21.7. The number of guanidine groups is 1. The Hall–Kier alpha value is -2.81. The second kappa shape index (κ2) is 14.3. The van der Waals surface area contributed by atoms with Crippen molar-refractivity contribution in [3.63, 3.8) is 0 Å². The summed E-state index contributed by atoms with van der Waals surface area (Å²) in [6.07, 6.45) is 1.77. The van der Waals surface area contributed by atoms with Gasteiger partial charge in [-0.2, -0.15) is 0 Å². The molecule has 0 bridgehead atoms. The van der Waals surface area contributed by atoms with Crippen LogP contribution in [0.3, 0.4) is 0 Å². The summed E-state index contributed by atoms with van der Waals surface area (Å²) in [6, 6.07) is 21.8. The zero-order valence-electron chi connectivity index (χ0n) is 18.6. The van der Waals surface area contributed by atoms with Crippen molar-refractivity contribution in [2.75, 3.05) is 13.2 Å². The number of hydrogen-bond donors (Lipinski definition) is 2. The molecule has 0 unspecified atom stereocenters. The Balaban J connectivity index is 0.00000363. The van der Waals surface area contributed by atoms with Gasteiger partial charge in [-0.3, -0.25) is 4.98 Å². The van der Waals surface area contributed by atoms with Gasteiger partial charge in [-0.1, -0.05) is 36.4 Å². The van der Waals surface area contributed by atoms with Crippen LogP contribution in [0.2, 0.25) is 0 Å². The molecule has 7 heteroatoms. The van der Waals surface area contributed by atoms with E-state index in [9.17, 15) is 0 Å². The van der Waals surface area contributed by atoms with Crippen LogP contribution >= 0.6 is 24.0 Å². The topological polar surface area (TPSA) is 67.8 Å². The first kappa shape index (κ1) is 25.5. The van der Waals surface area contributed by atoms with E-state index < -0.39 is 0 Å². The Morgan fingerprint density at radius 3 is 2.56 bits per heavy atom. The number of benzene rings is 2. The summed E-state index contributed by atoms with van der Waals surface area (Å²) < 4.78 is 11.6. The third-order valence-corrected chi connectivity index (χ3v) is 4.49. The van der Waals surface area contributed by atoms with Gasteiger partial charge in [-0.05, 0) is 49.7 Å². The van der Waals surface area contributed by atoms with E-state index >= 15 is 0 Å². The molecule has 3 aromatic rings. The minimum absolute atomic E-state index is 0. The summed E-state index contributed by atoms with van der Waals surface area (Å²) in [6.45, 7) is 7.09. The lowest BCUT2D eigenvalue weighted by atomic mass is 10.2. The van der Waals surface area contributed by atoms with Crippen molar-refractivity contribution in [1.82, 2.24) is 15.6 Å². The molecule has 1 aromatic heterocycles. The van der Waals surface area contributed by atoms with Crippen molar-refractivity contribution in [2.45, 2.75) is 33.5 Å². The molecule has 3 rings (SSSR count). The van der Waals surface area contributed by atoms with Crippen LogP contribution in [-0.4, -0.2) is 24.1 Å². The maximum absolute atomic E-state index is 5.87. The van der Waals surface area contributed by atoms with Crippen molar-refractivity contribution in [2.24, 2.45) is 4.99 Å². The number of para-hydroxylation sites is 1. The first-order valence-corrected chi connectivity index (χ1v) is 10.6. The number of aliphatic imine (C=N–C) groups is 1. The van der Waals surface area contributed by atoms with E-state index in [4.69, 9.17) is 14.5 Å². The maximum atomic E-state index is 5.87. The lowest BCUT2D eigenvalue weighted by Crippen LogP contribution is -2.36. The molecule has 2 aromatic carbocycles. The molecule has 0 atom stereocenters. The molecule has 1 heterocycles. The lowest BCUT2D eigenvalue weighted by molar-refractivity contribution is 0.301. The van der Waals surface area contributed by atoms with Crippen LogP contribution < -0.4 is 20.1 Å². The van der Waals surface area contributed by atoms with Crippen LogP contribution in [0.25, 0.3) is 0 Å². The average Bonchev–Trinajstić information content (AvgIpc) is 2.81. The Kier molecular flexibility index (Phi) is 11.4. The van der Waals surface area contributed by atoms with E-state index in [0.717, 1.165) is 40.8 Å². The molecule has 32 heavy (non-hydrogen) atoms. The van der Waals surface area contributed by atoms with Crippen molar-refractivity contribution in [3.8, 4) is 11.5 Å². The van der Waals surface area contributed by atoms with Gasteiger partial charge in [0.2, 0.25) is 0 Å². The van der Waals surface area contributed by atoms with Gasteiger partial charge >= 0.3 is 0 Å². The summed E-state index contributed by atoms with van der Waals surface area (Å²) >= 11 is 0. The third kappa shape index (κ3) is 8.37. The molecule has 6 nitrogen and oxygen atoms in total. The van der Waals surface area contributed by atoms with Gasteiger partial charge in [0.25, 0.3) is 0 Å². The Morgan fingerprint density at radius 2 is 1.78 bits per heavy atom. The predicted molar refractivity (Wildman–Crippen MR) is 140 cm³/mol. The number of aromatic nitrogens is 1. The van der Waals surface area contributed by atoms with Crippen LogP contribution in [0.5, 0.6) is 11.5 Å². The molecule has 170 valence electrons. The van der Waals surface area contributed by atoms with Crippen LogP contribution in [0.15, 0.2) is 77.9 Å². The average molecular weight is 546 g/mol. The van der Waals surface area contributed by atoms with Crippen molar-refractivity contribution in [3.05, 3.63) is 89.7 Å². The highest BCUT2D eigenvalue weighted by molar-refractivity contribution is 14.0. The second-order valence-electron chi connectivity index (χ2n) is 6.85. The van der Waals surface area contributed by atoms with Crippen LogP contribution in [0.1, 0.15) is 30.7 Å². The molecule has 0 spiro atoms. The Bertz CT molecular complexity index is 967. The van der Waals surface area contributed by atoms with E-state index in [1.165, 1.54) is 0 Å². The van der Waals surface area contributed by atoms with Gasteiger partial charge in [0.15, 0.2) is 5.96 Å². The van der Waals surface area contributed by atoms with E-state index in [-0.39, 0.29) is 24.0 Å². The van der Waals surface area contributed by atoms with Gasteiger partial charge in [0.1, 0.15) is 18.1 Å². The molecule has 0 aliphatic rings. The van der Waals surface area contributed by atoms with Crippen LogP contribution in [0, 0.1) is 0 Å². The summed E-state index contributed by atoms with van der Waals surface area (Å²) in [5.74, 6) is 2.46. The molecule has 0 fully saturated rings. The largest absolute Gasteiger partial charge is 0.494 e. The van der Waals surface area contributed by atoms with E-state index in [2.05, 4.69) is 28.6 Å². The zero-order valence-corrected chi connectivity index (χ0v) is 20.9. The van der Waals surface area contributed by atoms with Gasteiger partial charge in [0.05, 0.1) is 18.8 Å². The van der Waals surface area contributed by atoms with Crippen molar-refractivity contribution >= 4 is 29.9 Å². The minimum Gasteiger partial charge on any atom is -0.494 e. The molecule has 0 radical (unpaired) electrons. The molecular formula is C25H31IN4O2. The SMILES string of the molecule is CCNC(=NCc1cccc(OCc2ccccn2)c1)NCc1ccccc1OCC.I. The smallest absolute Gasteiger partial charge is 0.191 e. The quantitative estimate of drug-likeness (QED) is 0.215. The summed E-state index contributed by atoms with van der Waals surface area (Å²) in [5.41, 5.74) is 3.07. The standard InChI is InChI=1S/C25H30N4O2.HI/c1-3-26-25(29-18-21-11-5-6-14-24(21)30-4-2)28-17-20-10-9-13-23(16-20)31-19-22-12-7-8-15-27-22;/h5-16H,3-4,17-19H2,1-2H3,(H2,26,28,29);1H. The summed E-state index contributed by atoms with van der Waals surface area (Å²) in [5, 5.41) is 6.68. The van der Waals surface area contributed by atoms with Crippen LogP contribution in [-0.2, 0) is 19.7 Å².